The van der Waals surface area contributed by atoms with Crippen molar-refractivity contribution in [3.63, 3.8) is 0 Å². The molecule has 98 valence electrons. The minimum absolute atomic E-state index is 0.0353. The van der Waals surface area contributed by atoms with Crippen molar-refractivity contribution in [2.24, 2.45) is 5.92 Å². The number of hydrogen-bond donors (Lipinski definition) is 0. The van der Waals surface area contributed by atoms with Crippen molar-refractivity contribution in [3.8, 4) is 0 Å². The monoisotopic (exact) mass is 248 g/mol. The molecule has 1 aromatic rings. The quantitative estimate of drug-likeness (QED) is 0.781. The highest BCUT2D eigenvalue weighted by molar-refractivity contribution is 5.91. The molecule has 0 aromatic heterocycles. The third kappa shape index (κ3) is 2.33. The molecule has 1 aromatic carbocycles. The molecular weight excluding hydrogens is 227 g/mol. The van der Waals surface area contributed by atoms with Crippen molar-refractivity contribution in [2.75, 3.05) is 0 Å². The summed E-state index contributed by atoms with van der Waals surface area (Å²) in [6.07, 6.45) is 5.21. The fraction of sp³-hybridized carbons (Fsp3) is 0.562. The zero-order valence-electron chi connectivity index (χ0n) is 11.2. The summed E-state index contributed by atoms with van der Waals surface area (Å²) >= 11 is 0. The molecule has 2 heteroatoms. The van der Waals surface area contributed by atoms with E-state index in [1.54, 1.807) is 12.1 Å². The van der Waals surface area contributed by atoms with E-state index < -0.39 is 0 Å². The third-order valence-electron chi connectivity index (χ3n) is 4.10. The first-order chi connectivity index (χ1) is 8.56. The first-order valence-corrected chi connectivity index (χ1v) is 6.86. The number of halogens is 1. The van der Waals surface area contributed by atoms with Gasteiger partial charge >= 0.3 is 0 Å². The lowest BCUT2D eigenvalue weighted by Crippen LogP contribution is -2.40. The van der Waals surface area contributed by atoms with Crippen LogP contribution in [0, 0.1) is 11.7 Å². The fourth-order valence-corrected chi connectivity index (χ4v) is 3.15. The molecule has 0 saturated heterocycles. The summed E-state index contributed by atoms with van der Waals surface area (Å²) in [6, 6.07) is 6.53. The molecule has 2 rings (SSSR count). The van der Waals surface area contributed by atoms with E-state index in [0.717, 1.165) is 31.2 Å². The first kappa shape index (κ1) is 13.3. The highest BCUT2D eigenvalue weighted by atomic mass is 19.1. The Morgan fingerprint density at radius 1 is 1.11 bits per heavy atom. The maximum atomic E-state index is 13.1. The van der Waals surface area contributed by atoms with E-state index >= 15 is 0 Å². The second kappa shape index (κ2) is 5.21. The molecular formula is C16H21FO. The Hall–Kier alpha value is -1.18. The number of Topliss-reactive ketones (excluding diaryl/α,β-unsaturated/α-hetero) is 1. The van der Waals surface area contributed by atoms with Gasteiger partial charge in [0.05, 0.1) is 5.41 Å². The summed E-state index contributed by atoms with van der Waals surface area (Å²) in [5.41, 5.74) is 0.641. The van der Waals surface area contributed by atoms with E-state index in [9.17, 15) is 9.18 Å². The van der Waals surface area contributed by atoms with Gasteiger partial charge in [0.1, 0.15) is 11.6 Å². The van der Waals surface area contributed by atoms with E-state index in [1.807, 2.05) is 13.8 Å². The largest absolute Gasteiger partial charge is 0.298 e. The summed E-state index contributed by atoms with van der Waals surface area (Å²) in [5, 5.41) is 0. The molecule has 0 heterocycles. The number of carbonyl (C=O) groups is 1. The standard InChI is InChI=1S/C16H21FO/c1-12(2)15(18)16(10-4-3-5-11-16)13-6-8-14(17)9-7-13/h6-9,12H,3-5,10-11H2,1-2H3. The zero-order chi connectivity index (χ0) is 13.2. The summed E-state index contributed by atoms with van der Waals surface area (Å²) in [6.45, 7) is 3.92. The Balaban J connectivity index is 2.41. The molecule has 0 N–H and O–H groups in total. The summed E-state index contributed by atoms with van der Waals surface area (Å²) in [5.74, 6) is 0.115. The van der Waals surface area contributed by atoms with Crippen molar-refractivity contribution in [3.05, 3.63) is 35.6 Å². The van der Waals surface area contributed by atoms with E-state index in [2.05, 4.69) is 0 Å². The van der Waals surface area contributed by atoms with Crippen molar-refractivity contribution in [2.45, 2.75) is 51.4 Å². The second-order valence-electron chi connectivity index (χ2n) is 5.67. The van der Waals surface area contributed by atoms with Gasteiger partial charge in [0.2, 0.25) is 0 Å². The summed E-state index contributed by atoms with van der Waals surface area (Å²) < 4.78 is 13.1. The van der Waals surface area contributed by atoms with Gasteiger partial charge in [-0.05, 0) is 30.5 Å². The highest BCUT2D eigenvalue weighted by Gasteiger charge is 2.41. The van der Waals surface area contributed by atoms with Crippen molar-refractivity contribution in [1.29, 1.82) is 0 Å². The van der Waals surface area contributed by atoms with Crippen LogP contribution in [0.4, 0.5) is 4.39 Å². The van der Waals surface area contributed by atoms with Gasteiger partial charge in [0.25, 0.3) is 0 Å². The van der Waals surface area contributed by atoms with Gasteiger partial charge in [-0.3, -0.25) is 4.79 Å². The Morgan fingerprint density at radius 2 is 1.67 bits per heavy atom. The molecule has 0 aliphatic heterocycles. The molecule has 1 saturated carbocycles. The smallest absolute Gasteiger partial charge is 0.145 e. The zero-order valence-corrected chi connectivity index (χ0v) is 11.2. The van der Waals surface area contributed by atoms with Gasteiger partial charge in [-0.1, -0.05) is 45.2 Å². The minimum atomic E-state index is -0.361. The number of ketones is 1. The van der Waals surface area contributed by atoms with E-state index in [0.29, 0.717) is 5.78 Å². The molecule has 0 atom stereocenters. The molecule has 0 amide bonds. The maximum absolute atomic E-state index is 13.1. The van der Waals surface area contributed by atoms with Crippen LogP contribution in [0.1, 0.15) is 51.5 Å². The van der Waals surface area contributed by atoms with Crippen LogP contribution in [0.5, 0.6) is 0 Å². The van der Waals surface area contributed by atoms with Gasteiger partial charge < -0.3 is 0 Å². The molecule has 18 heavy (non-hydrogen) atoms. The van der Waals surface area contributed by atoms with Crippen LogP contribution in [0.15, 0.2) is 24.3 Å². The van der Waals surface area contributed by atoms with Crippen LogP contribution < -0.4 is 0 Å². The number of carbonyl (C=O) groups excluding carboxylic acids is 1. The van der Waals surface area contributed by atoms with Crippen LogP contribution in [0.25, 0.3) is 0 Å². The van der Waals surface area contributed by atoms with Crippen molar-refractivity contribution < 1.29 is 9.18 Å². The lowest BCUT2D eigenvalue weighted by atomic mass is 9.64. The van der Waals surface area contributed by atoms with Crippen LogP contribution in [-0.4, -0.2) is 5.78 Å². The van der Waals surface area contributed by atoms with Crippen LogP contribution >= 0.6 is 0 Å². The predicted octanol–water partition coefficient (Wildman–Crippen LogP) is 4.25. The number of rotatable bonds is 3. The lowest BCUT2D eigenvalue weighted by molar-refractivity contribution is -0.128. The normalized spacial score (nSPS) is 18.9. The van der Waals surface area contributed by atoms with Gasteiger partial charge in [-0.15, -0.1) is 0 Å². The lowest BCUT2D eigenvalue weighted by Gasteiger charge is -2.37. The van der Waals surface area contributed by atoms with E-state index in [4.69, 9.17) is 0 Å². The van der Waals surface area contributed by atoms with Gasteiger partial charge in [0.15, 0.2) is 0 Å². The van der Waals surface area contributed by atoms with Crippen LogP contribution in [0.3, 0.4) is 0 Å². The Morgan fingerprint density at radius 3 is 2.17 bits per heavy atom. The van der Waals surface area contributed by atoms with Crippen molar-refractivity contribution in [1.82, 2.24) is 0 Å². The van der Waals surface area contributed by atoms with Crippen LogP contribution in [0.2, 0.25) is 0 Å². The third-order valence-corrected chi connectivity index (χ3v) is 4.10. The number of hydrogen-bond acceptors (Lipinski definition) is 1. The average molecular weight is 248 g/mol. The molecule has 0 bridgehead atoms. The van der Waals surface area contributed by atoms with Crippen LogP contribution in [-0.2, 0) is 10.2 Å². The Labute approximate surface area is 108 Å². The highest BCUT2D eigenvalue weighted by Crippen LogP contribution is 2.41. The topological polar surface area (TPSA) is 17.1 Å². The SMILES string of the molecule is CC(C)C(=O)C1(c2ccc(F)cc2)CCCCC1. The summed E-state index contributed by atoms with van der Waals surface area (Å²) in [4.78, 5) is 12.6. The Kier molecular flexibility index (Phi) is 3.84. The van der Waals surface area contributed by atoms with Gasteiger partial charge in [0, 0.05) is 5.92 Å². The van der Waals surface area contributed by atoms with Gasteiger partial charge in [-0.2, -0.15) is 0 Å². The molecule has 0 spiro atoms. The predicted molar refractivity (Wildman–Crippen MR) is 71.0 cm³/mol. The minimum Gasteiger partial charge on any atom is -0.298 e. The molecule has 0 radical (unpaired) electrons. The number of benzene rings is 1. The molecule has 0 unspecified atom stereocenters. The fourth-order valence-electron chi connectivity index (χ4n) is 3.15. The molecule has 1 aliphatic rings. The van der Waals surface area contributed by atoms with Crippen molar-refractivity contribution >= 4 is 5.78 Å². The van der Waals surface area contributed by atoms with Gasteiger partial charge in [-0.25, -0.2) is 4.39 Å². The molecule has 1 aliphatic carbocycles. The first-order valence-electron chi connectivity index (χ1n) is 6.86. The van der Waals surface area contributed by atoms with E-state index in [-0.39, 0.29) is 17.2 Å². The molecule has 1 nitrogen and oxygen atoms in total. The average Bonchev–Trinajstić information content (AvgIpc) is 2.39. The Bertz CT molecular complexity index is 413. The maximum Gasteiger partial charge on any atom is 0.145 e. The summed E-state index contributed by atoms with van der Waals surface area (Å²) in [7, 11) is 0. The second-order valence-corrected chi connectivity index (χ2v) is 5.67. The van der Waals surface area contributed by atoms with E-state index in [1.165, 1.54) is 18.6 Å². The molecule has 1 fully saturated rings.